The van der Waals surface area contributed by atoms with Crippen molar-refractivity contribution >= 4 is 23.3 Å². The lowest BCUT2D eigenvalue weighted by atomic mass is 10.1. The molecule has 2 amide bonds. The van der Waals surface area contributed by atoms with Crippen LogP contribution in [0, 0.1) is 5.92 Å². The molecule has 0 aliphatic carbocycles. The van der Waals surface area contributed by atoms with E-state index in [4.69, 9.17) is 16.3 Å². The number of benzene rings is 1. The van der Waals surface area contributed by atoms with E-state index in [0.717, 1.165) is 19.7 Å². The van der Waals surface area contributed by atoms with Gasteiger partial charge in [0, 0.05) is 25.6 Å². The molecule has 2 fully saturated rings. The normalized spacial score (nSPS) is 26.3. The average Bonchev–Trinajstić information content (AvgIpc) is 2.69. The van der Waals surface area contributed by atoms with Crippen molar-refractivity contribution in [2.45, 2.75) is 6.04 Å². The first-order valence-corrected chi connectivity index (χ1v) is 7.59. The van der Waals surface area contributed by atoms with Gasteiger partial charge in [-0.25, -0.2) is 4.79 Å². The number of carbonyl (C=O) groups is 1. The predicted molar refractivity (Wildman–Crippen MR) is 82.8 cm³/mol. The highest BCUT2D eigenvalue weighted by Gasteiger charge is 2.33. The third-order valence-corrected chi connectivity index (χ3v) is 4.48. The van der Waals surface area contributed by atoms with Crippen LogP contribution in [0.4, 0.5) is 10.5 Å². The van der Waals surface area contributed by atoms with Crippen LogP contribution in [0.5, 0.6) is 0 Å². The zero-order valence-corrected chi connectivity index (χ0v) is 12.8. The van der Waals surface area contributed by atoms with Gasteiger partial charge in [0.15, 0.2) is 0 Å². The highest BCUT2D eigenvalue weighted by Crippen LogP contribution is 2.23. The highest BCUT2D eigenvalue weighted by atomic mass is 35.5. The number of nitrogens with zero attached hydrogens (tertiary/aromatic N) is 2. The van der Waals surface area contributed by atoms with Gasteiger partial charge in [-0.2, -0.15) is 0 Å². The Labute approximate surface area is 129 Å². The van der Waals surface area contributed by atoms with E-state index in [1.807, 2.05) is 23.1 Å². The summed E-state index contributed by atoms with van der Waals surface area (Å²) in [6, 6.07) is 7.47. The van der Waals surface area contributed by atoms with Crippen LogP contribution in [0.2, 0.25) is 5.02 Å². The quantitative estimate of drug-likeness (QED) is 0.864. The maximum Gasteiger partial charge on any atom is 0.321 e. The van der Waals surface area contributed by atoms with Gasteiger partial charge in [0.25, 0.3) is 0 Å². The Morgan fingerprint density at radius 3 is 2.90 bits per heavy atom. The average molecular weight is 310 g/mol. The predicted octanol–water partition coefficient (Wildman–Crippen LogP) is 2.13. The van der Waals surface area contributed by atoms with Crippen LogP contribution in [-0.4, -0.2) is 61.8 Å². The summed E-state index contributed by atoms with van der Waals surface area (Å²) >= 11 is 6.10. The van der Waals surface area contributed by atoms with E-state index in [1.165, 1.54) is 0 Å². The molecule has 0 spiro atoms. The van der Waals surface area contributed by atoms with Crippen LogP contribution in [-0.2, 0) is 4.74 Å². The number of likely N-dealkylation sites (N-methyl/N-ethyl adjacent to an activating group) is 1. The molecule has 2 atom stereocenters. The summed E-state index contributed by atoms with van der Waals surface area (Å²) in [5.41, 5.74) is 0.656. The lowest BCUT2D eigenvalue weighted by Crippen LogP contribution is -2.46. The minimum absolute atomic E-state index is 0.0877. The maximum atomic E-state index is 12.5. The first-order valence-electron chi connectivity index (χ1n) is 7.22. The first kappa shape index (κ1) is 14.6. The number of nitrogens with one attached hydrogen (secondary N) is 1. The van der Waals surface area contributed by atoms with Crippen molar-refractivity contribution in [2.75, 3.05) is 45.2 Å². The summed E-state index contributed by atoms with van der Waals surface area (Å²) in [5.74, 6) is 0.361. The molecule has 1 aromatic carbocycles. The van der Waals surface area contributed by atoms with Crippen molar-refractivity contribution in [3.8, 4) is 0 Å². The van der Waals surface area contributed by atoms with E-state index < -0.39 is 0 Å². The van der Waals surface area contributed by atoms with Gasteiger partial charge >= 0.3 is 6.03 Å². The fourth-order valence-electron chi connectivity index (χ4n) is 2.97. The van der Waals surface area contributed by atoms with Gasteiger partial charge in [0.1, 0.15) is 0 Å². The molecule has 1 N–H and O–H groups in total. The van der Waals surface area contributed by atoms with Gasteiger partial charge in [-0.05, 0) is 19.2 Å². The summed E-state index contributed by atoms with van der Waals surface area (Å²) < 4.78 is 5.68. The molecule has 0 radical (unpaired) electrons. The Kier molecular flexibility index (Phi) is 4.33. The molecule has 2 heterocycles. The van der Waals surface area contributed by atoms with Crippen molar-refractivity contribution in [2.24, 2.45) is 5.92 Å². The molecule has 2 bridgehead atoms. The van der Waals surface area contributed by atoms with Crippen molar-refractivity contribution < 1.29 is 9.53 Å². The van der Waals surface area contributed by atoms with Gasteiger partial charge in [-0.3, -0.25) is 4.90 Å². The summed E-state index contributed by atoms with van der Waals surface area (Å²) in [5, 5.41) is 3.46. The maximum absolute atomic E-state index is 12.5. The molecular weight excluding hydrogens is 290 g/mol. The largest absolute Gasteiger partial charge is 0.379 e. The van der Waals surface area contributed by atoms with Crippen LogP contribution in [0.1, 0.15) is 0 Å². The Balaban J connectivity index is 1.71. The molecule has 21 heavy (non-hydrogen) atoms. The Bertz CT molecular complexity index is 525. The first-order chi connectivity index (χ1) is 10.1. The second kappa shape index (κ2) is 6.22. The number of para-hydroxylation sites is 1. The van der Waals surface area contributed by atoms with Crippen molar-refractivity contribution in [3.63, 3.8) is 0 Å². The fourth-order valence-corrected chi connectivity index (χ4v) is 3.16. The summed E-state index contributed by atoms with van der Waals surface area (Å²) in [6.45, 7) is 3.78. The number of fused-ring (bicyclic) bond motifs is 3. The molecular formula is C15H20ClN3O2. The number of hydrogen-bond acceptors (Lipinski definition) is 3. The van der Waals surface area contributed by atoms with E-state index >= 15 is 0 Å². The third-order valence-electron chi connectivity index (χ3n) is 4.15. The highest BCUT2D eigenvalue weighted by molar-refractivity contribution is 6.33. The minimum Gasteiger partial charge on any atom is -0.379 e. The monoisotopic (exact) mass is 309 g/mol. The molecule has 2 aliphatic rings. The van der Waals surface area contributed by atoms with Crippen LogP contribution < -0.4 is 5.32 Å². The minimum atomic E-state index is -0.0877. The van der Waals surface area contributed by atoms with Crippen LogP contribution in [0.3, 0.4) is 0 Å². The smallest absolute Gasteiger partial charge is 0.321 e. The van der Waals surface area contributed by atoms with E-state index in [-0.39, 0.29) is 12.1 Å². The number of hydrogen-bond donors (Lipinski definition) is 1. The van der Waals surface area contributed by atoms with E-state index in [1.54, 1.807) is 6.07 Å². The Morgan fingerprint density at radius 2 is 2.10 bits per heavy atom. The molecule has 6 heteroatoms. The zero-order chi connectivity index (χ0) is 14.8. The molecule has 0 unspecified atom stereocenters. The van der Waals surface area contributed by atoms with Gasteiger partial charge in [0.05, 0.1) is 30.0 Å². The van der Waals surface area contributed by atoms with Crippen LogP contribution in [0.25, 0.3) is 0 Å². The number of anilines is 1. The number of amides is 2. The van der Waals surface area contributed by atoms with Crippen molar-refractivity contribution in [1.82, 2.24) is 9.80 Å². The number of ether oxygens (including phenoxy) is 1. The third kappa shape index (κ3) is 3.31. The molecule has 0 saturated carbocycles. The van der Waals surface area contributed by atoms with E-state index in [9.17, 15) is 4.79 Å². The zero-order valence-electron chi connectivity index (χ0n) is 12.1. The summed E-state index contributed by atoms with van der Waals surface area (Å²) in [4.78, 5) is 16.7. The summed E-state index contributed by atoms with van der Waals surface area (Å²) in [7, 11) is 2.10. The number of urea groups is 1. The van der Waals surface area contributed by atoms with E-state index in [2.05, 4.69) is 17.3 Å². The molecule has 114 valence electrons. The molecule has 0 aromatic heterocycles. The second-order valence-corrected chi connectivity index (χ2v) is 6.22. The Morgan fingerprint density at radius 1 is 1.29 bits per heavy atom. The second-order valence-electron chi connectivity index (χ2n) is 5.81. The van der Waals surface area contributed by atoms with Crippen LogP contribution in [0.15, 0.2) is 24.3 Å². The lowest BCUT2D eigenvalue weighted by Gasteiger charge is -2.29. The molecule has 2 saturated heterocycles. The molecule has 1 aromatic rings. The van der Waals surface area contributed by atoms with Crippen molar-refractivity contribution in [3.05, 3.63) is 29.3 Å². The standard InChI is InChI=1S/C15H20ClN3O2/c1-18-6-11-7-19(8-12(18)10-21-9-11)15(20)17-14-5-3-2-4-13(14)16/h2-5,11-12H,6-10H2,1H3,(H,17,20)/t11-,12+/m1/s1. The van der Waals surface area contributed by atoms with Gasteiger partial charge in [-0.1, -0.05) is 23.7 Å². The van der Waals surface area contributed by atoms with Crippen LogP contribution >= 0.6 is 11.6 Å². The number of rotatable bonds is 1. The van der Waals surface area contributed by atoms with Gasteiger partial charge in [-0.15, -0.1) is 0 Å². The summed E-state index contributed by atoms with van der Waals surface area (Å²) in [6.07, 6.45) is 0. The Hall–Kier alpha value is -1.30. The molecule has 3 rings (SSSR count). The SMILES string of the molecule is CN1C[C@H]2COC[C@@H]1CN(C(=O)Nc1ccccc1Cl)C2. The van der Waals surface area contributed by atoms with Crippen molar-refractivity contribution in [1.29, 1.82) is 0 Å². The van der Waals surface area contributed by atoms with Gasteiger partial charge in [0.2, 0.25) is 0 Å². The fraction of sp³-hybridized carbons (Fsp3) is 0.533. The van der Waals surface area contributed by atoms with Gasteiger partial charge < -0.3 is 15.0 Å². The number of carbonyl (C=O) groups excluding carboxylic acids is 1. The van der Waals surface area contributed by atoms with E-state index in [0.29, 0.717) is 29.8 Å². The molecule has 5 nitrogen and oxygen atoms in total. The molecule has 2 aliphatic heterocycles. The topological polar surface area (TPSA) is 44.8 Å². The number of halogens is 1. The lowest BCUT2D eigenvalue weighted by molar-refractivity contribution is 0.0643.